The summed E-state index contributed by atoms with van der Waals surface area (Å²) in [5.74, 6) is -0.539. The molecule has 6 nitrogen and oxygen atoms in total. The van der Waals surface area contributed by atoms with Gasteiger partial charge in [-0.3, -0.25) is 14.3 Å². The second-order valence-electron chi connectivity index (χ2n) is 5.44. The number of hydrogen-bond donors (Lipinski definition) is 0. The minimum absolute atomic E-state index is 0.104. The number of aromatic nitrogens is 2. The molecule has 0 aliphatic carbocycles. The molecule has 2 aromatic heterocycles. The Morgan fingerprint density at radius 2 is 2.00 bits per heavy atom. The van der Waals surface area contributed by atoms with Gasteiger partial charge in [0.05, 0.1) is 5.52 Å². The highest BCUT2D eigenvalue weighted by molar-refractivity contribution is 5.96. The molecule has 1 amide bonds. The zero-order chi connectivity index (χ0) is 16.4. The summed E-state index contributed by atoms with van der Waals surface area (Å²) in [5.41, 5.74) is 2.73. The number of fused-ring (bicyclic) bond motifs is 1. The second kappa shape index (κ2) is 6.08. The monoisotopic (exact) mass is 311 g/mol. The molecule has 0 aliphatic heterocycles. The predicted molar refractivity (Wildman–Crippen MR) is 86.4 cm³/mol. The molecule has 1 aromatic carbocycles. The number of oxazole rings is 1. The fourth-order valence-corrected chi connectivity index (χ4v) is 2.44. The molecule has 0 atom stereocenters. The van der Waals surface area contributed by atoms with Crippen LogP contribution in [-0.2, 0) is 13.5 Å². The van der Waals surface area contributed by atoms with Gasteiger partial charge in [0.1, 0.15) is 0 Å². The molecule has 0 saturated heterocycles. The van der Waals surface area contributed by atoms with Gasteiger partial charge >= 0.3 is 5.76 Å². The first-order chi connectivity index (χ1) is 11.1. The molecule has 0 aliphatic rings. The summed E-state index contributed by atoms with van der Waals surface area (Å²) < 4.78 is 6.54. The molecule has 0 saturated carbocycles. The Morgan fingerprint density at radius 3 is 2.74 bits per heavy atom. The minimum Gasteiger partial charge on any atom is -0.408 e. The van der Waals surface area contributed by atoms with E-state index in [0.29, 0.717) is 23.2 Å². The van der Waals surface area contributed by atoms with Crippen molar-refractivity contribution in [2.24, 2.45) is 7.05 Å². The Hall–Kier alpha value is -2.89. The third-order valence-corrected chi connectivity index (χ3v) is 3.87. The summed E-state index contributed by atoms with van der Waals surface area (Å²) in [6, 6.07) is 8.92. The van der Waals surface area contributed by atoms with Gasteiger partial charge in [0.25, 0.3) is 5.91 Å². The van der Waals surface area contributed by atoms with Crippen LogP contribution in [0.25, 0.3) is 11.1 Å². The zero-order valence-electron chi connectivity index (χ0n) is 13.0. The molecule has 3 rings (SSSR count). The van der Waals surface area contributed by atoms with Crippen molar-refractivity contribution in [2.45, 2.75) is 6.42 Å². The number of hydrogen-bond acceptors (Lipinski definition) is 4. The van der Waals surface area contributed by atoms with Crippen LogP contribution in [0, 0.1) is 0 Å². The highest BCUT2D eigenvalue weighted by Gasteiger charge is 2.14. The molecule has 6 heteroatoms. The third kappa shape index (κ3) is 3.01. The Bertz CT molecular complexity index is 896. The predicted octanol–water partition coefficient (Wildman–Crippen LogP) is 1.84. The number of benzene rings is 1. The van der Waals surface area contributed by atoms with Crippen molar-refractivity contribution in [3.8, 4) is 0 Å². The summed E-state index contributed by atoms with van der Waals surface area (Å²) in [6.07, 6.45) is 4.23. The van der Waals surface area contributed by atoms with Gasteiger partial charge in [-0.05, 0) is 42.3 Å². The van der Waals surface area contributed by atoms with Crippen LogP contribution in [0.1, 0.15) is 15.9 Å². The van der Waals surface area contributed by atoms with Crippen molar-refractivity contribution >= 4 is 17.0 Å². The SMILES string of the molecule is CN(CCc1ccncc1)C(=O)c1ccc2c(c1)oc(=O)n2C. The molecule has 0 N–H and O–H groups in total. The summed E-state index contributed by atoms with van der Waals surface area (Å²) in [4.78, 5) is 29.6. The third-order valence-electron chi connectivity index (χ3n) is 3.87. The van der Waals surface area contributed by atoms with E-state index < -0.39 is 5.76 Å². The quantitative estimate of drug-likeness (QED) is 0.737. The van der Waals surface area contributed by atoms with Crippen LogP contribution in [-0.4, -0.2) is 34.0 Å². The lowest BCUT2D eigenvalue weighted by Crippen LogP contribution is -2.28. The lowest BCUT2D eigenvalue weighted by atomic mass is 10.1. The first-order valence-corrected chi connectivity index (χ1v) is 7.30. The van der Waals surface area contributed by atoms with Gasteiger partial charge in [-0.2, -0.15) is 0 Å². The van der Waals surface area contributed by atoms with Crippen molar-refractivity contribution in [1.29, 1.82) is 0 Å². The van der Waals surface area contributed by atoms with Gasteiger partial charge in [-0.15, -0.1) is 0 Å². The number of rotatable bonds is 4. The summed E-state index contributed by atoms with van der Waals surface area (Å²) in [5, 5.41) is 0. The van der Waals surface area contributed by atoms with Crippen LogP contribution in [0.15, 0.2) is 51.9 Å². The van der Waals surface area contributed by atoms with E-state index in [1.54, 1.807) is 49.6 Å². The summed E-state index contributed by atoms with van der Waals surface area (Å²) >= 11 is 0. The van der Waals surface area contributed by atoms with Crippen molar-refractivity contribution in [3.05, 3.63) is 64.4 Å². The maximum absolute atomic E-state index is 12.5. The molecule has 3 aromatic rings. The molecule has 0 unspecified atom stereocenters. The second-order valence-corrected chi connectivity index (χ2v) is 5.44. The maximum Gasteiger partial charge on any atom is 0.419 e. The molecule has 23 heavy (non-hydrogen) atoms. The van der Waals surface area contributed by atoms with Gasteiger partial charge in [0.15, 0.2) is 5.58 Å². The average molecular weight is 311 g/mol. The van der Waals surface area contributed by atoms with Crippen LogP contribution in [0.5, 0.6) is 0 Å². The fourth-order valence-electron chi connectivity index (χ4n) is 2.44. The van der Waals surface area contributed by atoms with Crippen LogP contribution >= 0.6 is 0 Å². The number of carbonyl (C=O) groups is 1. The van der Waals surface area contributed by atoms with Crippen molar-refractivity contribution in [2.75, 3.05) is 13.6 Å². The number of likely N-dealkylation sites (N-methyl/N-ethyl adjacent to an activating group) is 1. The fraction of sp³-hybridized carbons (Fsp3) is 0.235. The van der Waals surface area contributed by atoms with Crippen molar-refractivity contribution in [1.82, 2.24) is 14.5 Å². The lowest BCUT2D eigenvalue weighted by molar-refractivity contribution is 0.0796. The number of pyridine rings is 1. The molecular weight excluding hydrogens is 294 g/mol. The van der Waals surface area contributed by atoms with Crippen molar-refractivity contribution in [3.63, 3.8) is 0 Å². The molecular formula is C17H17N3O3. The molecule has 0 radical (unpaired) electrons. The number of carbonyl (C=O) groups excluding carboxylic acids is 1. The maximum atomic E-state index is 12.5. The van der Waals surface area contributed by atoms with E-state index in [9.17, 15) is 9.59 Å². The highest BCUT2D eigenvalue weighted by Crippen LogP contribution is 2.15. The van der Waals surface area contributed by atoms with Crippen LogP contribution < -0.4 is 5.76 Å². The van der Waals surface area contributed by atoms with Crippen LogP contribution in [0.2, 0.25) is 0 Å². The van der Waals surface area contributed by atoms with Gasteiger partial charge in [-0.1, -0.05) is 0 Å². The zero-order valence-corrected chi connectivity index (χ0v) is 13.0. The average Bonchev–Trinajstić information content (AvgIpc) is 2.86. The largest absolute Gasteiger partial charge is 0.419 e. The van der Waals surface area contributed by atoms with E-state index in [1.807, 2.05) is 12.1 Å². The van der Waals surface area contributed by atoms with Gasteiger partial charge in [0.2, 0.25) is 0 Å². The minimum atomic E-state index is -0.435. The van der Waals surface area contributed by atoms with Gasteiger partial charge in [-0.25, -0.2) is 4.79 Å². The summed E-state index contributed by atoms with van der Waals surface area (Å²) in [6.45, 7) is 0.597. The van der Waals surface area contributed by atoms with E-state index in [1.165, 1.54) is 4.57 Å². The van der Waals surface area contributed by atoms with Crippen LogP contribution in [0.4, 0.5) is 0 Å². The lowest BCUT2D eigenvalue weighted by Gasteiger charge is -2.17. The first kappa shape index (κ1) is 15.0. The number of nitrogens with zero attached hydrogens (tertiary/aromatic N) is 3. The Balaban J connectivity index is 1.75. The van der Waals surface area contributed by atoms with E-state index in [4.69, 9.17) is 4.42 Å². The van der Waals surface area contributed by atoms with Gasteiger partial charge in [0, 0.05) is 38.6 Å². The molecule has 2 heterocycles. The summed E-state index contributed by atoms with van der Waals surface area (Å²) in [7, 11) is 3.39. The van der Waals surface area contributed by atoms with E-state index in [-0.39, 0.29) is 5.91 Å². The number of amides is 1. The molecule has 0 bridgehead atoms. The highest BCUT2D eigenvalue weighted by atomic mass is 16.4. The molecule has 118 valence electrons. The van der Waals surface area contributed by atoms with Crippen molar-refractivity contribution < 1.29 is 9.21 Å². The first-order valence-electron chi connectivity index (χ1n) is 7.30. The topological polar surface area (TPSA) is 68.3 Å². The standard InChI is InChI=1S/C17H17N3O3/c1-19(10-7-12-5-8-18-9-6-12)16(21)13-3-4-14-15(11-13)23-17(22)20(14)2/h3-6,8-9,11H,7,10H2,1-2H3. The normalized spacial score (nSPS) is 10.9. The Morgan fingerprint density at radius 1 is 1.26 bits per heavy atom. The van der Waals surface area contributed by atoms with E-state index in [0.717, 1.165) is 12.0 Å². The Kier molecular flexibility index (Phi) is 3.97. The van der Waals surface area contributed by atoms with Crippen LogP contribution in [0.3, 0.4) is 0 Å². The molecule has 0 fully saturated rings. The Labute approximate surface area is 133 Å². The van der Waals surface area contributed by atoms with E-state index in [2.05, 4.69) is 4.98 Å². The molecule has 0 spiro atoms. The smallest absolute Gasteiger partial charge is 0.408 e. The number of aryl methyl sites for hydroxylation is 1. The van der Waals surface area contributed by atoms with Gasteiger partial charge < -0.3 is 9.32 Å². The van der Waals surface area contributed by atoms with E-state index >= 15 is 0 Å².